The minimum absolute atomic E-state index is 0.0702. The highest BCUT2D eigenvalue weighted by Gasteiger charge is 2.28. The Morgan fingerprint density at radius 3 is 2.73 bits per heavy atom. The molecule has 8 heteroatoms. The molecular weight excluding hydrogens is 332 g/mol. The molecule has 1 aliphatic carbocycles. The largest absolute Gasteiger partial charge is 0.355 e. The van der Waals surface area contributed by atoms with Crippen LogP contribution in [0.3, 0.4) is 0 Å². The van der Waals surface area contributed by atoms with E-state index in [1.807, 2.05) is 49.7 Å². The van der Waals surface area contributed by atoms with Crippen molar-refractivity contribution in [3.05, 3.63) is 24.3 Å². The van der Waals surface area contributed by atoms with E-state index in [0.29, 0.717) is 24.1 Å². The highest BCUT2D eigenvalue weighted by atomic mass is 16.2. The predicted octanol–water partition coefficient (Wildman–Crippen LogP) is 2.17. The number of aromatic nitrogens is 4. The molecular formula is C18H24N6O2. The summed E-state index contributed by atoms with van der Waals surface area (Å²) in [5, 5.41) is 17.5. The van der Waals surface area contributed by atoms with E-state index in [9.17, 15) is 9.59 Å². The van der Waals surface area contributed by atoms with Gasteiger partial charge in [0.2, 0.25) is 11.8 Å². The Labute approximate surface area is 152 Å². The predicted molar refractivity (Wildman–Crippen MR) is 97.2 cm³/mol. The molecule has 1 aromatic carbocycles. The summed E-state index contributed by atoms with van der Waals surface area (Å²) in [6, 6.07) is 7.84. The topological polar surface area (TPSA) is 102 Å². The minimum Gasteiger partial charge on any atom is -0.355 e. The summed E-state index contributed by atoms with van der Waals surface area (Å²) in [5.41, 5.74) is 1.08. The standard InChI is InChI=1S/C18H24N6O2/c1-18(2,3)17(26)19-10-9-15(25)20-13-6-4-5-12(11-13)16-21-22-23-24(16)14-7-8-14/h4-6,11,14H,7-10H2,1-3H3,(H,19,26)(H,20,25). The summed E-state index contributed by atoms with van der Waals surface area (Å²) in [5.74, 6) is 0.485. The molecule has 2 amide bonds. The third kappa shape index (κ3) is 4.44. The van der Waals surface area contributed by atoms with E-state index in [2.05, 4.69) is 26.2 Å². The lowest BCUT2D eigenvalue weighted by Crippen LogP contribution is -2.36. The van der Waals surface area contributed by atoms with Gasteiger partial charge in [0.15, 0.2) is 5.82 Å². The van der Waals surface area contributed by atoms with Crippen LogP contribution in [0.2, 0.25) is 0 Å². The Morgan fingerprint density at radius 2 is 2.04 bits per heavy atom. The first kappa shape index (κ1) is 18.0. The lowest BCUT2D eigenvalue weighted by Gasteiger charge is -2.17. The van der Waals surface area contributed by atoms with Crippen molar-refractivity contribution in [1.82, 2.24) is 25.5 Å². The summed E-state index contributed by atoms with van der Waals surface area (Å²) < 4.78 is 1.84. The van der Waals surface area contributed by atoms with E-state index in [0.717, 1.165) is 18.4 Å². The Hall–Kier alpha value is -2.77. The second kappa shape index (κ2) is 7.23. The molecule has 0 atom stereocenters. The zero-order chi connectivity index (χ0) is 18.7. The SMILES string of the molecule is CC(C)(C)C(=O)NCCC(=O)Nc1cccc(-c2nnnn2C2CC2)c1. The average molecular weight is 356 g/mol. The molecule has 1 saturated carbocycles. The van der Waals surface area contributed by atoms with Gasteiger partial charge in [-0.3, -0.25) is 9.59 Å². The molecule has 2 aromatic rings. The summed E-state index contributed by atoms with van der Waals surface area (Å²) in [4.78, 5) is 23.9. The molecule has 3 rings (SSSR count). The van der Waals surface area contributed by atoms with Gasteiger partial charge < -0.3 is 10.6 Å². The smallest absolute Gasteiger partial charge is 0.226 e. The van der Waals surface area contributed by atoms with Crippen LogP contribution in [0, 0.1) is 5.41 Å². The minimum atomic E-state index is -0.462. The maximum absolute atomic E-state index is 12.1. The molecule has 26 heavy (non-hydrogen) atoms. The van der Waals surface area contributed by atoms with E-state index in [1.54, 1.807) is 0 Å². The van der Waals surface area contributed by atoms with Gasteiger partial charge in [-0.1, -0.05) is 32.9 Å². The molecule has 0 bridgehead atoms. The quantitative estimate of drug-likeness (QED) is 0.826. The lowest BCUT2D eigenvalue weighted by molar-refractivity contribution is -0.128. The second-order valence-corrected chi connectivity index (χ2v) is 7.56. The first-order chi connectivity index (χ1) is 12.3. The van der Waals surface area contributed by atoms with Gasteiger partial charge in [-0.25, -0.2) is 4.68 Å². The number of carbonyl (C=O) groups excluding carboxylic acids is 2. The Bertz CT molecular complexity index is 804. The van der Waals surface area contributed by atoms with Crippen molar-refractivity contribution in [1.29, 1.82) is 0 Å². The number of nitrogens with one attached hydrogen (secondary N) is 2. The van der Waals surface area contributed by atoms with Crippen molar-refractivity contribution < 1.29 is 9.59 Å². The molecule has 8 nitrogen and oxygen atoms in total. The van der Waals surface area contributed by atoms with E-state index in [4.69, 9.17) is 0 Å². The highest BCUT2D eigenvalue weighted by Crippen LogP contribution is 2.36. The number of benzene rings is 1. The van der Waals surface area contributed by atoms with Crippen LogP contribution in [-0.4, -0.2) is 38.6 Å². The van der Waals surface area contributed by atoms with Crippen molar-refractivity contribution in [2.45, 2.75) is 46.1 Å². The maximum atomic E-state index is 12.1. The van der Waals surface area contributed by atoms with Gasteiger partial charge in [-0.15, -0.1) is 5.10 Å². The zero-order valence-electron chi connectivity index (χ0n) is 15.3. The fourth-order valence-electron chi connectivity index (χ4n) is 2.46. The molecule has 0 spiro atoms. The molecule has 0 unspecified atom stereocenters. The maximum Gasteiger partial charge on any atom is 0.226 e. The Kier molecular flexibility index (Phi) is 5.01. The van der Waals surface area contributed by atoms with Crippen LogP contribution < -0.4 is 10.6 Å². The van der Waals surface area contributed by atoms with Gasteiger partial charge >= 0.3 is 0 Å². The van der Waals surface area contributed by atoms with Crippen molar-refractivity contribution >= 4 is 17.5 Å². The van der Waals surface area contributed by atoms with Crippen LogP contribution in [-0.2, 0) is 9.59 Å². The van der Waals surface area contributed by atoms with Crippen molar-refractivity contribution in [3.63, 3.8) is 0 Å². The fourth-order valence-corrected chi connectivity index (χ4v) is 2.46. The number of anilines is 1. The first-order valence-corrected chi connectivity index (χ1v) is 8.81. The van der Waals surface area contributed by atoms with Gasteiger partial charge in [0.05, 0.1) is 6.04 Å². The summed E-state index contributed by atoms with van der Waals surface area (Å²) >= 11 is 0. The monoisotopic (exact) mass is 356 g/mol. The van der Waals surface area contributed by atoms with Gasteiger partial charge in [0, 0.05) is 29.6 Å². The highest BCUT2D eigenvalue weighted by molar-refractivity contribution is 5.92. The number of amides is 2. The zero-order valence-corrected chi connectivity index (χ0v) is 15.3. The third-order valence-corrected chi connectivity index (χ3v) is 4.11. The van der Waals surface area contributed by atoms with E-state index < -0.39 is 5.41 Å². The Morgan fingerprint density at radius 1 is 1.27 bits per heavy atom. The fraction of sp³-hybridized carbons (Fsp3) is 0.500. The molecule has 1 aromatic heterocycles. The van der Waals surface area contributed by atoms with Crippen LogP contribution >= 0.6 is 0 Å². The third-order valence-electron chi connectivity index (χ3n) is 4.11. The molecule has 1 heterocycles. The molecule has 0 saturated heterocycles. The van der Waals surface area contributed by atoms with Crippen LogP contribution in [0.1, 0.15) is 46.1 Å². The summed E-state index contributed by atoms with van der Waals surface area (Å²) in [7, 11) is 0. The summed E-state index contributed by atoms with van der Waals surface area (Å²) in [6.45, 7) is 5.82. The Balaban J connectivity index is 1.58. The molecule has 0 aliphatic heterocycles. The van der Waals surface area contributed by atoms with Crippen molar-refractivity contribution in [2.24, 2.45) is 5.41 Å². The van der Waals surface area contributed by atoms with Crippen LogP contribution in [0.4, 0.5) is 5.69 Å². The number of hydrogen-bond donors (Lipinski definition) is 2. The first-order valence-electron chi connectivity index (χ1n) is 8.81. The average Bonchev–Trinajstić information content (AvgIpc) is 3.30. The number of tetrazole rings is 1. The van der Waals surface area contributed by atoms with Gasteiger partial charge in [0.1, 0.15) is 0 Å². The summed E-state index contributed by atoms with van der Waals surface area (Å²) in [6.07, 6.45) is 2.40. The molecule has 1 fully saturated rings. The van der Waals surface area contributed by atoms with E-state index >= 15 is 0 Å². The molecule has 2 N–H and O–H groups in total. The van der Waals surface area contributed by atoms with Crippen molar-refractivity contribution in [2.75, 3.05) is 11.9 Å². The van der Waals surface area contributed by atoms with Crippen LogP contribution in [0.15, 0.2) is 24.3 Å². The van der Waals surface area contributed by atoms with Crippen molar-refractivity contribution in [3.8, 4) is 11.4 Å². The van der Waals surface area contributed by atoms with Gasteiger partial charge in [-0.05, 0) is 35.4 Å². The number of nitrogens with zero attached hydrogens (tertiary/aromatic N) is 4. The molecule has 0 radical (unpaired) electrons. The van der Waals surface area contributed by atoms with Gasteiger partial charge in [0.25, 0.3) is 0 Å². The molecule has 138 valence electrons. The van der Waals surface area contributed by atoms with Crippen LogP contribution in [0.5, 0.6) is 0 Å². The normalized spacial score (nSPS) is 14.1. The van der Waals surface area contributed by atoms with E-state index in [-0.39, 0.29) is 18.2 Å². The van der Waals surface area contributed by atoms with Gasteiger partial charge in [-0.2, -0.15) is 0 Å². The number of hydrogen-bond acceptors (Lipinski definition) is 5. The number of rotatable bonds is 6. The second-order valence-electron chi connectivity index (χ2n) is 7.56. The molecule has 1 aliphatic rings. The number of carbonyl (C=O) groups is 2. The van der Waals surface area contributed by atoms with E-state index in [1.165, 1.54) is 0 Å². The lowest BCUT2D eigenvalue weighted by atomic mass is 9.96. The van der Waals surface area contributed by atoms with Crippen LogP contribution in [0.25, 0.3) is 11.4 Å².